The van der Waals surface area contributed by atoms with E-state index in [0.29, 0.717) is 12.1 Å². The molecule has 126 valence electrons. The van der Waals surface area contributed by atoms with Gasteiger partial charge in [0.1, 0.15) is 17.5 Å². The molecule has 0 amide bonds. The highest BCUT2D eigenvalue weighted by Crippen LogP contribution is 2.47. The molecule has 0 unspecified atom stereocenters. The molecule has 1 aromatic carbocycles. The van der Waals surface area contributed by atoms with E-state index < -0.39 is 35.4 Å². The largest absolute Gasteiger partial charge is 0.485 e. The minimum Gasteiger partial charge on any atom is -0.485 e. The maximum Gasteiger partial charge on any atom is 0.458 e. The number of hydrogen-bond acceptors (Lipinski definition) is 3. The van der Waals surface area contributed by atoms with Crippen LogP contribution < -0.4 is 10.5 Å². The van der Waals surface area contributed by atoms with Crippen LogP contribution in [0.3, 0.4) is 0 Å². The first-order chi connectivity index (χ1) is 9.38. The SMILES string of the molecule is CC1(C)Oc2ccc(C(F)(F)C(F)(F)F)cc2[C@H](N)[C@H]1O.Cl. The van der Waals surface area contributed by atoms with Gasteiger partial charge in [-0.3, -0.25) is 0 Å². The van der Waals surface area contributed by atoms with Crippen LogP contribution in [0.15, 0.2) is 18.2 Å². The topological polar surface area (TPSA) is 55.5 Å². The highest BCUT2D eigenvalue weighted by atomic mass is 35.5. The molecule has 0 radical (unpaired) electrons. The molecule has 1 aliphatic heterocycles. The predicted octanol–water partition coefficient (Wildman–Crippen LogP) is 3.29. The standard InChI is InChI=1S/C13H14F5NO2.ClH/c1-11(2)10(20)9(19)7-5-6(3-4-8(7)21-11)12(14,15)13(16,17)18;/h3-5,9-10,20H,19H2,1-2H3;1H/t9-,10+;/m0./s1. The summed E-state index contributed by atoms with van der Waals surface area (Å²) in [7, 11) is 0. The Bertz CT molecular complexity index is 562. The molecule has 0 spiro atoms. The predicted molar refractivity (Wildman–Crippen MR) is 71.3 cm³/mol. The summed E-state index contributed by atoms with van der Waals surface area (Å²) in [6.45, 7) is 3.08. The van der Waals surface area contributed by atoms with Crippen molar-refractivity contribution in [2.45, 2.75) is 43.7 Å². The molecular weight excluding hydrogens is 333 g/mol. The average Bonchev–Trinajstić information content (AvgIpc) is 2.34. The zero-order chi connectivity index (χ0) is 16.2. The van der Waals surface area contributed by atoms with Crippen molar-refractivity contribution < 1.29 is 31.8 Å². The first-order valence-corrected chi connectivity index (χ1v) is 6.09. The third-order valence-corrected chi connectivity index (χ3v) is 3.51. The van der Waals surface area contributed by atoms with E-state index in [-0.39, 0.29) is 23.7 Å². The lowest BCUT2D eigenvalue weighted by atomic mass is 9.86. The zero-order valence-electron chi connectivity index (χ0n) is 11.6. The van der Waals surface area contributed by atoms with Crippen molar-refractivity contribution in [2.75, 3.05) is 0 Å². The van der Waals surface area contributed by atoms with Gasteiger partial charge in [0.15, 0.2) is 0 Å². The summed E-state index contributed by atoms with van der Waals surface area (Å²) in [5, 5.41) is 9.95. The van der Waals surface area contributed by atoms with Crippen LogP contribution in [0, 0.1) is 0 Å². The van der Waals surface area contributed by atoms with Crippen LogP contribution in [0.5, 0.6) is 5.75 Å². The Labute approximate surface area is 129 Å². The Balaban J connectivity index is 0.00000242. The molecule has 22 heavy (non-hydrogen) atoms. The lowest BCUT2D eigenvalue weighted by molar-refractivity contribution is -0.289. The molecule has 0 bridgehead atoms. The minimum atomic E-state index is -5.71. The summed E-state index contributed by atoms with van der Waals surface area (Å²) in [4.78, 5) is 0. The van der Waals surface area contributed by atoms with Gasteiger partial charge >= 0.3 is 12.1 Å². The number of ether oxygens (including phenoxy) is 1. The number of fused-ring (bicyclic) bond motifs is 1. The van der Waals surface area contributed by atoms with Crippen molar-refractivity contribution in [3.63, 3.8) is 0 Å². The van der Waals surface area contributed by atoms with Crippen LogP contribution in [0.25, 0.3) is 0 Å². The lowest BCUT2D eigenvalue weighted by Crippen LogP contribution is -2.51. The van der Waals surface area contributed by atoms with E-state index in [2.05, 4.69) is 0 Å². The molecule has 3 N–H and O–H groups in total. The molecule has 0 saturated carbocycles. The Morgan fingerprint density at radius 2 is 1.73 bits per heavy atom. The summed E-state index contributed by atoms with van der Waals surface area (Å²) in [5.74, 6) is -4.92. The summed E-state index contributed by atoms with van der Waals surface area (Å²) >= 11 is 0. The van der Waals surface area contributed by atoms with Crippen LogP contribution in [0.4, 0.5) is 22.0 Å². The Kier molecular flexibility index (Phi) is 4.74. The number of aliphatic hydroxyl groups excluding tert-OH is 1. The first kappa shape index (κ1) is 18.9. The van der Waals surface area contributed by atoms with E-state index in [0.717, 1.165) is 6.07 Å². The number of aliphatic hydroxyl groups is 1. The summed E-state index contributed by atoms with van der Waals surface area (Å²) in [6, 6.07) is 1.17. The average molecular weight is 348 g/mol. The molecule has 1 heterocycles. The maximum absolute atomic E-state index is 13.3. The van der Waals surface area contributed by atoms with E-state index >= 15 is 0 Å². The van der Waals surface area contributed by atoms with Gasteiger partial charge in [0.05, 0.1) is 6.04 Å². The fraction of sp³-hybridized carbons (Fsp3) is 0.538. The Hall–Kier alpha value is -1.12. The molecule has 0 aliphatic carbocycles. The number of alkyl halides is 5. The van der Waals surface area contributed by atoms with E-state index in [1.54, 1.807) is 13.8 Å². The van der Waals surface area contributed by atoms with Crippen LogP contribution in [-0.2, 0) is 5.92 Å². The van der Waals surface area contributed by atoms with Crippen molar-refractivity contribution in [3.8, 4) is 5.75 Å². The first-order valence-electron chi connectivity index (χ1n) is 6.09. The maximum atomic E-state index is 13.3. The molecule has 0 saturated heterocycles. The Morgan fingerprint density at radius 3 is 2.23 bits per heavy atom. The third kappa shape index (κ3) is 2.87. The van der Waals surface area contributed by atoms with Gasteiger partial charge in [-0.15, -0.1) is 12.4 Å². The highest BCUT2D eigenvalue weighted by Gasteiger charge is 2.59. The fourth-order valence-electron chi connectivity index (χ4n) is 2.21. The normalized spacial score (nSPS) is 24.0. The Morgan fingerprint density at radius 1 is 1.18 bits per heavy atom. The van der Waals surface area contributed by atoms with Gasteiger partial charge < -0.3 is 15.6 Å². The van der Waals surface area contributed by atoms with Gasteiger partial charge in [0, 0.05) is 11.1 Å². The third-order valence-electron chi connectivity index (χ3n) is 3.51. The van der Waals surface area contributed by atoms with Gasteiger partial charge in [-0.2, -0.15) is 22.0 Å². The van der Waals surface area contributed by atoms with Gasteiger partial charge in [-0.25, -0.2) is 0 Å². The fourth-order valence-corrected chi connectivity index (χ4v) is 2.21. The molecule has 3 nitrogen and oxygen atoms in total. The zero-order valence-corrected chi connectivity index (χ0v) is 12.4. The van der Waals surface area contributed by atoms with E-state index in [4.69, 9.17) is 10.5 Å². The van der Waals surface area contributed by atoms with Crippen molar-refractivity contribution in [1.82, 2.24) is 0 Å². The molecule has 2 rings (SSSR count). The van der Waals surface area contributed by atoms with Crippen LogP contribution in [0.1, 0.15) is 31.0 Å². The summed E-state index contributed by atoms with van der Waals surface area (Å²) in [6.07, 6.45) is -6.95. The van der Waals surface area contributed by atoms with Gasteiger partial charge in [-0.1, -0.05) is 0 Å². The van der Waals surface area contributed by atoms with Gasteiger partial charge in [-0.05, 0) is 32.0 Å². The minimum absolute atomic E-state index is 0. The molecule has 0 aromatic heterocycles. The monoisotopic (exact) mass is 347 g/mol. The molecule has 1 aliphatic rings. The van der Waals surface area contributed by atoms with E-state index in [1.165, 1.54) is 0 Å². The van der Waals surface area contributed by atoms with Crippen LogP contribution in [0.2, 0.25) is 0 Å². The molecule has 2 atom stereocenters. The summed E-state index contributed by atoms with van der Waals surface area (Å²) < 4.78 is 69.2. The quantitative estimate of drug-likeness (QED) is 0.766. The highest BCUT2D eigenvalue weighted by molar-refractivity contribution is 5.85. The smallest absolute Gasteiger partial charge is 0.458 e. The molecule has 0 fully saturated rings. The van der Waals surface area contributed by atoms with Crippen molar-refractivity contribution in [3.05, 3.63) is 29.3 Å². The van der Waals surface area contributed by atoms with E-state index in [1.807, 2.05) is 0 Å². The number of halogens is 6. The second kappa shape index (κ2) is 5.50. The van der Waals surface area contributed by atoms with Gasteiger partial charge in [0.2, 0.25) is 0 Å². The molecule has 9 heteroatoms. The van der Waals surface area contributed by atoms with Crippen LogP contribution >= 0.6 is 12.4 Å². The number of rotatable bonds is 1. The lowest BCUT2D eigenvalue weighted by Gasteiger charge is -2.41. The number of nitrogens with two attached hydrogens (primary N) is 1. The summed E-state index contributed by atoms with van der Waals surface area (Å²) in [5.41, 5.74) is 3.34. The van der Waals surface area contributed by atoms with Crippen LogP contribution in [-0.4, -0.2) is 23.0 Å². The second-order valence-electron chi connectivity index (χ2n) is 5.50. The van der Waals surface area contributed by atoms with E-state index in [9.17, 15) is 27.1 Å². The number of benzene rings is 1. The second-order valence-corrected chi connectivity index (χ2v) is 5.50. The van der Waals surface area contributed by atoms with Crippen molar-refractivity contribution in [1.29, 1.82) is 0 Å². The van der Waals surface area contributed by atoms with Gasteiger partial charge in [0.25, 0.3) is 0 Å². The molecule has 1 aromatic rings. The van der Waals surface area contributed by atoms with Crippen molar-refractivity contribution in [2.24, 2.45) is 5.73 Å². The van der Waals surface area contributed by atoms with Crippen molar-refractivity contribution >= 4 is 12.4 Å². The molecular formula is C13H15ClF5NO2. The number of hydrogen-bond donors (Lipinski definition) is 2.